The molecule has 1 aromatic rings. The molecule has 92 valence electrons. The van der Waals surface area contributed by atoms with Crippen LogP contribution in [-0.4, -0.2) is 41.1 Å². The number of hydrogen-bond donors (Lipinski definition) is 1. The van der Waals surface area contributed by atoms with Crippen LogP contribution in [0.5, 0.6) is 0 Å². The number of aromatic nitrogens is 1. The van der Waals surface area contributed by atoms with Crippen molar-refractivity contribution in [2.24, 2.45) is 0 Å². The minimum absolute atomic E-state index is 0.0300. The summed E-state index contributed by atoms with van der Waals surface area (Å²) >= 11 is 0. The molecule has 0 aliphatic carbocycles. The number of amides is 1. The van der Waals surface area contributed by atoms with Crippen LogP contribution in [0.2, 0.25) is 0 Å². The van der Waals surface area contributed by atoms with E-state index in [4.69, 9.17) is 4.74 Å². The van der Waals surface area contributed by atoms with Gasteiger partial charge >= 0.3 is 0 Å². The van der Waals surface area contributed by atoms with Gasteiger partial charge in [0.25, 0.3) is 5.91 Å². The molecule has 0 saturated carbocycles. The summed E-state index contributed by atoms with van der Waals surface area (Å²) < 4.78 is 5.46. The maximum absolute atomic E-state index is 12.2. The van der Waals surface area contributed by atoms with Gasteiger partial charge in [-0.15, -0.1) is 0 Å². The molecule has 2 atom stereocenters. The monoisotopic (exact) mass is 236 g/mol. The highest BCUT2D eigenvalue weighted by Crippen LogP contribution is 2.13. The van der Waals surface area contributed by atoms with E-state index in [-0.39, 0.29) is 23.6 Å². The van der Waals surface area contributed by atoms with Crippen molar-refractivity contribution in [3.63, 3.8) is 0 Å². The third-order valence-corrected chi connectivity index (χ3v) is 2.87. The molecule has 0 bridgehead atoms. The summed E-state index contributed by atoms with van der Waals surface area (Å²) in [5.74, 6) is -0.148. The fourth-order valence-electron chi connectivity index (χ4n) is 1.91. The molecule has 1 aromatic heterocycles. The molecule has 5 nitrogen and oxygen atoms in total. The molecule has 5 heteroatoms. The Morgan fingerprint density at radius 1 is 1.47 bits per heavy atom. The fourth-order valence-corrected chi connectivity index (χ4v) is 1.91. The van der Waals surface area contributed by atoms with Gasteiger partial charge in [0.1, 0.15) is 5.69 Å². The van der Waals surface area contributed by atoms with Gasteiger partial charge in [-0.1, -0.05) is 6.07 Å². The van der Waals surface area contributed by atoms with E-state index in [2.05, 4.69) is 4.98 Å². The first kappa shape index (κ1) is 11.9. The van der Waals surface area contributed by atoms with Gasteiger partial charge in [-0.25, -0.2) is 0 Å². The van der Waals surface area contributed by atoms with Crippen molar-refractivity contribution in [1.29, 1.82) is 0 Å². The van der Waals surface area contributed by atoms with E-state index in [0.29, 0.717) is 18.8 Å². The number of aromatic amines is 1. The number of rotatable bonds is 1. The summed E-state index contributed by atoms with van der Waals surface area (Å²) in [6.07, 6.45) is 0.0329. The SMILES string of the molecule is CC1CN(C(=O)c2cccc(=O)[nH]2)C(C)CO1. The molecule has 17 heavy (non-hydrogen) atoms. The summed E-state index contributed by atoms with van der Waals surface area (Å²) in [4.78, 5) is 27.7. The molecular weight excluding hydrogens is 220 g/mol. The zero-order valence-corrected chi connectivity index (χ0v) is 9.97. The Balaban J connectivity index is 2.21. The second kappa shape index (κ2) is 4.71. The van der Waals surface area contributed by atoms with Crippen molar-refractivity contribution < 1.29 is 9.53 Å². The molecule has 1 saturated heterocycles. The third kappa shape index (κ3) is 2.55. The molecule has 1 amide bonds. The van der Waals surface area contributed by atoms with Crippen LogP contribution in [0.1, 0.15) is 24.3 Å². The number of nitrogens with zero attached hydrogens (tertiary/aromatic N) is 1. The number of carbonyl (C=O) groups is 1. The number of hydrogen-bond acceptors (Lipinski definition) is 3. The fraction of sp³-hybridized carbons (Fsp3) is 0.500. The van der Waals surface area contributed by atoms with Crippen LogP contribution < -0.4 is 5.56 Å². The van der Waals surface area contributed by atoms with Crippen LogP contribution >= 0.6 is 0 Å². The van der Waals surface area contributed by atoms with Crippen molar-refractivity contribution in [2.75, 3.05) is 13.2 Å². The smallest absolute Gasteiger partial charge is 0.270 e. The van der Waals surface area contributed by atoms with Gasteiger partial charge in [0.05, 0.1) is 18.8 Å². The summed E-state index contributed by atoms with van der Waals surface area (Å²) in [7, 11) is 0. The molecule has 1 aliphatic rings. The van der Waals surface area contributed by atoms with E-state index >= 15 is 0 Å². The predicted octanol–water partition coefficient (Wildman–Crippen LogP) is 0.624. The highest BCUT2D eigenvalue weighted by molar-refractivity contribution is 5.92. The van der Waals surface area contributed by atoms with Crippen molar-refractivity contribution >= 4 is 5.91 Å². The number of H-pyrrole nitrogens is 1. The summed E-state index contributed by atoms with van der Waals surface area (Å²) in [6.45, 7) is 4.95. The number of carbonyl (C=O) groups excluding carboxylic acids is 1. The van der Waals surface area contributed by atoms with Gasteiger partial charge in [0, 0.05) is 12.6 Å². The lowest BCUT2D eigenvalue weighted by atomic mass is 10.2. The van der Waals surface area contributed by atoms with Gasteiger partial charge in [-0.2, -0.15) is 0 Å². The van der Waals surface area contributed by atoms with E-state index in [1.807, 2.05) is 13.8 Å². The van der Waals surface area contributed by atoms with Crippen LogP contribution in [0.4, 0.5) is 0 Å². The van der Waals surface area contributed by atoms with Crippen LogP contribution in [0.3, 0.4) is 0 Å². The molecular formula is C12H16N2O3. The quantitative estimate of drug-likeness (QED) is 0.777. The highest BCUT2D eigenvalue weighted by atomic mass is 16.5. The standard InChI is InChI=1S/C12H16N2O3/c1-8-7-17-9(2)6-14(8)12(16)10-4-3-5-11(15)13-10/h3-5,8-9H,6-7H2,1-2H3,(H,13,15). The van der Waals surface area contributed by atoms with Gasteiger partial charge in [0.15, 0.2) is 0 Å². The van der Waals surface area contributed by atoms with E-state index in [1.54, 1.807) is 17.0 Å². The van der Waals surface area contributed by atoms with E-state index < -0.39 is 0 Å². The Hall–Kier alpha value is -1.62. The van der Waals surface area contributed by atoms with Crippen LogP contribution in [0.25, 0.3) is 0 Å². The minimum atomic E-state index is -0.259. The highest BCUT2D eigenvalue weighted by Gasteiger charge is 2.28. The minimum Gasteiger partial charge on any atom is -0.375 e. The van der Waals surface area contributed by atoms with Gasteiger partial charge in [-0.05, 0) is 19.9 Å². The normalized spacial score (nSPS) is 24.7. The summed E-state index contributed by atoms with van der Waals surface area (Å²) in [5.41, 5.74) is 0.0725. The molecule has 2 rings (SSSR count). The van der Waals surface area contributed by atoms with Gasteiger partial charge in [0.2, 0.25) is 5.56 Å². The van der Waals surface area contributed by atoms with Crippen molar-refractivity contribution in [3.05, 3.63) is 34.2 Å². The predicted molar refractivity (Wildman–Crippen MR) is 63.0 cm³/mol. The first-order valence-electron chi connectivity index (χ1n) is 5.70. The van der Waals surface area contributed by atoms with Crippen LogP contribution in [0.15, 0.2) is 23.0 Å². The summed E-state index contributed by atoms with van der Waals surface area (Å²) in [6, 6.07) is 4.63. The average Bonchev–Trinajstić information content (AvgIpc) is 2.31. The third-order valence-electron chi connectivity index (χ3n) is 2.87. The number of morpholine rings is 1. The molecule has 0 radical (unpaired) electrons. The topological polar surface area (TPSA) is 62.4 Å². The van der Waals surface area contributed by atoms with Crippen molar-refractivity contribution in [3.8, 4) is 0 Å². The molecule has 0 aromatic carbocycles. The lowest BCUT2D eigenvalue weighted by molar-refractivity contribution is -0.0389. The van der Waals surface area contributed by atoms with Gasteiger partial charge in [-0.3, -0.25) is 9.59 Å². The molecule has 0 spiro atoms. The van der Waals surface area contributed by atoms with Crippen molar-refractivity contribution in [2.45, 2.75) is 26.0 Å². The molecule has 1 fully saturated rings. The largest absolute Gasteiger partial charge is 0.375 e. The van der Waals surface area contributed by atoms with E-state index in [9.17, 15) is 9.59 Å². The van der Waals surface area contributed by atoms with Crippen LogP contribution in [-0.2, 0) is 4.74 Å². The Labute approximate surface area is 99.4 Å². The Bertz CT molecular complexity index is 469. The number of pyridine rings is 1. The average molecular weight is 236 g/mol. The van der Waals surface area contributed by atoms with Gasteiger partial charge < -0.3 is 14.6 Å². The molecule has 1 aliphatic heterocycles. The number of nitrogens with one attached hydrogen (secondary N) is 1. The molecule has 2 heterocycles. The zero-order valence-electron chi connectivity index (χ0n) is 9.97. The maximum atomic E-state index is 12.2. The Morgan fingerprint density at radius 3 is 2.94 bits per heavy atom. The van der Waals surface area contributed by atoms with E-state index in [0.717, 1.165) is 0 Å². The lowest BCUT2D eigenvalue weighted by Crippen LogP contribution is -2.50. The molecule has 1 N–H and O–H groups in total. The second-order valence-electron chi connectivity index (χ2n) is 4.38. The maximum Gasteiger partial charge on any atom is 0.270 e. The number of ether oxygens (including phenoxy) is 1. The lowest BCUT2D eigenvalue weighted by Gasteiger charge is -2.36. The summed E-state index contributed by atoms with van der Waals surface area (Å²) in [5, 5.41) is 0. The zero-order chi connectivity index (χ0) is 12.4. The van der Waals surface area contributed by atoms with Crippen molar-refractivity contribution in [1.82, 2.24) is 9.88 Å². The molecule has 2 unspecified atom stereocenters. The van der Waals surface area contributed by atoms with E-state index in [1.165, 1.54) is 6.07 Å². The first-order chi connectivity index (χ1) is 8.08. The Kier molecular flexibility index (Phi) is 3.28. The Morgan fingerprint density at radius 2 is 2.24 bits per heavy atom. The second-order valence-corrected chi connectivity index (χ2v) is 4.38. The first-order valence-corrected chi connectivity index (χ1v) is 5.70. The van der Waals surface area contributed by atoms with Crippen LogP contribution in [0, 0.1) is 0 Å².